The van der Waals surface area contributed by atoms with Gasteiger partial charge in [0.1, 0.15) is 5.75 Å². The fourth-order valence-electron chi connectivity index (χ4n) is 3.05. The number of hydrogen-bond donors (Lipinski definition) is 1. The van der Waals surface area contributed by atoms with Crippen LogP contribution in [0.4, 0.5) is 14.5 Å². The summed E-state index contributed by atoms with van der Waals surface area (Å²) >= 11 is 0. The Morgan fingerprint density at radius 2 is 1.74 bits per heavy atom. The van der Waals surface area contributed by atoms with Crippen LogP contribution < -0.4 is 10.1 Å². The lowest BCUT2D eigenvalue weighted by atomic mass is 10.1. The minimum absolute atomic E-state index is 0.0527. The Morgan fingerprint density at radius 3 is 2.45 bits per heavy atom. The zero-order valence-corrected chi connectivity index (χ0v) is 17.0. The van der Waals surface area contributed by atoms with Gasteiger partial charge in [-0.15, -0.1) is 0 Å². The van der Waals surface area contributed by atoms with Crippen molar-refractivity contribution >= 4 is 17.6 Å². The third-order valence-electron chi connectivity index (χ3n) is 4.50. The van der Waals surface area contributed by atoms with Crippen molar-refractivity contribution in [1.29, 1.82) is 0 Å². The molecule has 2 aromatic carbocycles. The number of nitrogens with zero attached hydrogens (tertiary/aromatic N) is 2. The van der Waals surface area contributed by atoms with E-state index >= 15 is 0 Å². The topological polar surface area (TPSA) is 82.5 Å². The van der Waals surface area contributed by atoms with Crippen LogP contribution in [0.5, 0.6) is 5.75 Å². The molecule has 0 bridgehead atoms. The van der Waals surface area contributed by atoms with E-state index in [4.69, 9.17) is 4.74 Å². The molecule has 31 heavy (non-hydrogen) atoms. The number of carbonyl (C=O) groups excluding carboxylic acids is 2. The molecule has 0 radical (unpaired) electrons. The molecule has 0 saturated carbocycles. The molecular weight excluding hydrogens is 408 g/mol. The molecule has 3 aromatic rings. The van der Waals surface area contributed by atoms with Gasteiger partial charge in [-0.25, -0.2) is 4.68 Å². The smallest absolute Gasteiger partial charge is 0.387 e. The van der Waals surface area contributed by atoms with Gasteiger partial charge < -0.3 is 14.8 Å². The van der Waals surface area contributed by atoms with Crippen molar-refractivity contribution < 1.29 is 27.8 Å². The number of halogens is 2. The van der Waals surface area contributed by atoms with Gasteiger partial charge in [0, 0.05) is 11.3 Å². The van der Waals surface area contributed by atoms with Crippen LogP contribution in [0.2, 0.25) is 0 Å². The molecule has 0 aliphatic heterocycles. The van der Waals surface area contributed by atoms with Crippen LogP contribution >= 0.6 is 0 Å². The van der Waals surface area contributed by atoms with Gasteiger partial charge in [0.05, 0.1) is 23.5 Å². The van der Waals surface area contributed by atoms with Gasteiger partial charge in [0.15, 0.2) is 6.61 Å². The number of aryl methyl sites for hydroxylation is 1. The Hall–Kier alpha value is -3.75. The lowest BCUT2D eigenvalue weighted by Gasteiger charge is -2.11. The first-order valence-corrected chi connectivity index (χ1v) is 9.45. The second-order valence-corrected chi connectivity index (χ2v) is 6.66. The molecule has 0 aliphatic carbocycles. The highest BCUT2D eigenvalue weighted by Crippen LogP contribution is 2.25. The Morgan fingerprint density at radius 1 is 1.06 bits per heavy atom. The first-order valence-electron chi connectivity index (χ1n) is 9.45. The van der Waals surface area contributed by atoms with Crippen molar-refractivity contribution in [3.63, 3.8) is 0 Å². The predicted molar refractivity (Wildman–Crippen MR) is 109 cm³/mol. The number of amides is 1. The zero-order valence-electron chi connectivity index (χ0n) is 17.0. The summed E-state index contributed by atoms with van der Waals surface area (Å²) < 4.78 is 36.1. The minimum atomic E-state index is -3.03. The van der Waals surface area contributed by atoms with E-state index < -0.39 is 25.1 Å². The van der Waals surface area contributed by atoms with Crippen molar-refractivity contribution in [2.75, 3.05) is 11.9 Å². The number of anilines is 1. The Kier molecular flexibility index (Phi) is 6.96. The van der Waals surface area contributed by atoms with Crippen LogP contribution in [-0.2, 0) is 20.7 Å². The van der Waals surface area contributed by atoms with Gasteiger partial charge >= 0.3 is 12.6 Å². The first-order chi connectivity index (χ1) is 14.8. The maximum Gasteiger partial charge on any atom is 0.387 e. The van der Waals surface area contributed by atoms with Crippen molar-refractivity contribution in [2.24, 2.45) is 0 Å². The number of esters is 1. The van der Waals surface area contributed by atoms with E-state index in [0.717, 1.165) is 11.4 Å². The number of aromatic nitrogens is 2. The highest BCUT2D eigenvalue weighted by molar-refractivity contribution is 5.94. The Labute approximate surface area is 177 Å². The average Bonchev–Trinajstić information content (AvgIpc) is 3.02. The van der Waals surface area contributed by atoms with Gasteiger partial charge in [-0.1, -0.05) is 30.3 Å². The fraction of sp³-hybridized carbons (Fsp3) is 0.227. The zero-order chi connectivity index (χ0) is 22.4. The van der Waals surface area contributed by atoms with E-state index in [1.165, 1.54) is 18.2 Å². The molecule has 1 heterocycles. The van der Waals surface area contributed by atoms with Crippen LogP contribution in [0, 0.1) is 13.8 Å². The number of carbonyl (C=O) groups is 2. The number of benzene rings is 2. The first kappa shape index (κ1) is 21.9. The number of alkyl halides is 2. The van der Waals surface area contributed by atoms with Gasteiger partial charge in [0.25, 0.3) is 5.91 Å². The maximum atomic E-state index is 12.5. The molecule has 3 rings (SSSR count). The van der Waals surface area contributed by atoms with Crippen LogP contribution in [-0.4, -0.2) is 34.9 Å². The van der Waals surface area contributed by atoms with Crippen LogP contribution in [0.1, 0.15) is 17.0 Å². The molecule has 162 valence electrons. The molecule has 0 saturated heterocycles. The number of hydrogen-bond acceptors (Lipinski definition) is 5. The molecule has 0 fully saturated rings. The summed E-state index contributed by atoms with van der Waals surface area (Å²) in [6.45, 7) is 0.0515. The molecule has 0 spiro atoms. The lowest BCUT2D eigenvalue weighted by molar-refractivity contribution is -0.146. The summed E-state index contributed by atoms with van der Waals surface area (Å²) in [7, 11) is 0. The SMILES string of the molecule is Cc1nn(-c2ccccc2)c(C)c1CC(=O)OCC(=O)Nc1ccccc1OC(F)F. The summed E-state index contributed by atoms with van der Waals surface area (Å²) in [5, 5.41) is 6.86. The minimum Gasteiger partial charge on any atom is -0.455 e. The quantitative estimate of drug-likeness (QED) is 0.551. The third kappa shape index (κ3) is 5.65. The van der Waals surface area contributed by atoms with Gasteiger partial charge in [-0.05, 0) is 38.1 Å². The molecule has 1 amide bonds. The van der Waals surface area contributed by atoms with Crippen molar-refractivity contribution in [3.05, 3.63) is 71.5 Å². The average molecular weight is 429 g/mol. The van der Waals surface area contributed by atoms with Crippen molar-refractivity contribution in [2.45, 2.75) is 26.9 Å². The molecule has 0 aliphatic rings. The summed E-state index contributed by atoms with van der Waals surface area (Å²) in [5.41, 5.74) is 3.11. The molecule has 1 aromatic heterocycles. The van der Waals surface area contributed by atoms with E-state index in [0.29, 0.717) is 11.3 Å². The number of rotatable bonds is 8. The Balaban J connectivity index is 1.59. The molecule has 1 N–H and O–H groups in total. The highest BCUT2D eigenvalue weighted by atomic mass is 19.3. The third-order valence-corrected chi connectivity index (χ3v) is 4.50. The number of para-hydroxylation sites is 3. The van der Waals surface area contributed by atoms with E-state index in [2.05, 4.69) is 15.2 Å². The fourth-order valence-corrected chi connectivity index (χ4v) is 3.05. The van der Waals surface area contributed by atoms with Gasteiger partial charge in [0.2, 0.25) is 0 Å². The summed E-state index contributed by atoms with van der Waals surface area (Å²) in [6.07, 6.45) is -0.0527. The van der Waals surface area contributed by atoms with Crippen molar-refractivity contribution in [1.82, 2.24) is 9.78 Å². The lowest BCUT2D eigenvalue weighted by Crippen LogP contribution is -2.22. The molecule has 9 heteroatoms. The highest BCUT2D eigenvalue weighted by Gasteiger charge is 2.18. The second-order valence-electron chi connectivity index (χ2n) is 6.66. The molecule has 7 nitrogen and oxygen atoms in total. The van der Waals surface area contributed by atoms with E-state index in [1.807, 2.05) is 37.3 Å². The maximum absolute atomic E-state index is 12.5. The van der Waals surface area contributed by atoms with Crippen LogP contribution in [0.3, 0.4) is 0 Å². The Bertz CT molecular complexity index is 1070. The molecule has 0 unspecified atom stereocenters. The number of ether oxygens (including phenoxy) is 2. The summed E-state index contributed by atoms with van der Waals surface area (Å²) in [4.78, 5) is 24.4. The van der Waals surface area contributed by atoms with Crippen molar-refractivity contribution in [3.8, 4) is 11.4 Å². The largest absolute Gasteiger partial charge is 0.455 e. The standard InChI is InChI=1S/C22H21F2N3O4/c1-14-17(15(2)27(26-14)16-8-4-3-5-9-16)12-21(29)30-13-20(28)25-18-10-6-7-11-19(18)31-22(23)24/h3-11,22H,12-13H2,1-2H3,(H,25,28). The number of nitrogens with one attached hydrogen (secondary N) is 1. The van der Waals surface area contributed by atoms with E-state index in [9.17, 15) is 18.4 Å². The normalized spacial score (nSPS) is 10.7. The predicted octanol–water partition coefficient (Wildman–Crippen LogP) is 3.81. The summed E-state index contributed by atoms with van der Waals surface area (Å²) in [5.74, 6) is -1.46. The molecule has 0 atom stereocenters. The van der Waals surface area contributed by atoms with E-state index in [-0.39, 0.29) is 17.9 Å². The van der Waals surface area contributed by atoms with Crippen LogP contribution in [0.15, 0.2) is 54.6 Å². The van der Waals surface area contributed by atoms with Crippen LogP contribution in [0.25, 0.3) is 5.69 Å². The van der Waals surface area contributed by atoms with Gasteiger partial charge in [-0.3, -0.25) is 9.59 Å². The second kappa shape index (κ2) is 9.84. The van der Waals surface area contributed by atoms with E-state index in [1.54, 1.807) is 17.7 Å². The van der Waals surface area contributed by atoms with Gasteiger partial charge in [-0.2, -0.15) is 13.9 Å². The molecular formula is C22H21F2N3O4. The monoisotopic (exact) mass is 429 g/mol. The summed E-state index contributed by atoms with van der Waals surface area (Å²) in [6, 6.07) is 15.2.